The lowest BCUT2D eigenvalue weighted by Gasteiger charge is -2.26. The summed E-state index contributed by atoms with van der Waals surface area (Å²) in [6.45, 7) is 5.98. The quantitative estimate of drug-likeness (QED) is 0.0690. The van der Waals surface area contributed by atoms with Crippen molar-refractivity contribution in [1.29, 1.82) is 0 Å². The molecule has 0 heterocycles. The van der Waals surface area contributed by atoms with Crippen molar-refractivity contribution < 1.29 is 0 Å². The molecule has 0 spiro atoms. The minimum Gasteiger partial charge on any atom is -0.0654 e. The maximum absolute atomic E-state index is 2.40. The largest absolute Gasteiger partial charge is 0.0793 e. The van der Waals surface area contributed by atoms with Crippen molar-refractivity contribution in [2.24, 2.45) is 0 Å². The predicted molar refractivity (Wildman–Crippen MR) is 182 cm³/mol. The smallest absolute Gasteiger partial charge is 0.0654 e. The molecule has 0 aliphatic heterocycles. The fourth-order valence-electron chi connectivity index (χ4n) is 5.78. The molecule has 0 aliphatic carbocycles. The van der Waals surface area contributed by atoms with E-state index in [0.717, 1.165) is 0 Å². The lowest BCUT2D eigenvalue weighted by molar-refractivity contribution is 0.581. The van der Waals surface area contributed by atoms with E-state index in [9.17, 15) is 0 Å². The molecule has 0 amide bonds. The minimum atomic E-state index is -1.00. The van der Waals surface area contributed by atoms with Gasteiger partial charge in [0, 0.05) is 4.90 Å². The average molecular weight is 564 g/mol. The van der Waals surface area contributed by atoms with Crippen molar-refractivity contribution >= 4 is 17.8 Å². The Bertz CT molecular complexity index is 536. The highest BCUT2D eigenvalue weighted by molar-refractivity contribution is 8.62. The van der Waals surface area contributed by atoms with Gasteiger partial charge in [0.15, 0.2) is 0 Å². The number of hydrogen-bond donors (Lipinski definition) is 0. The van der Waals surface area contributed by atoms with Crippen molar-refractivity contribution in [3.8, 4) is 0 Å². The third kappa shape index (κ3) is 20.8. The molecule has 2 heteroatoms. The summed E-state index contributed by atoms with van der Waals surface area (Å²) in [5.41, 5.74) is 0. The van der Waals surface area contributed by atoms with Gasteiger partial charge in [0.1, 0.15) is 0 Å². The van der Waals surface area contributed by atoms with Crippen LogP contribution in [-0.4, -0.2) is 18.5 Å². The van der Waals surface area contributed by atoms with Crippen LogP contribution in [0.2, 0.25) is 0 Å². The minimum absolute atomic E-state index is 1.00. The fraction of sp³-hybridized carbons (Fsp3) is 0.833. The van der Waals surface area contributed by atoms with Crippen molar-refractivity contribution in [2.45, 2.75) is 180 Å². The zero-order valence-electron chi connectivity index (χ0n) is 26.3. The summed E-state index contributed by atoms with van der Waals surface area (Å²) in [7, 11) is 0. The second-order valence-electron chi connectivity index (χ2n) is 12.1. The van der Waals surface area contributed by atoms with Crippen molar-refractivity contribution in [3.63, 3.8) is 0 Å². The topological polar surface area (TPSA) is 0 Å². The Balaban J connectivity index is 2.63. The molecular weight excluding hydrogens is 495 g/mol. The summed E-state index contributed by atoms with van der Waals surface area (Å²) in [6, 6.07) is 11.5. The molecule has 0 aromatic heterocycles. The first-order valence-corrected chi connectivity index (χ1v) is 21.1. The third-order valence-corrected chi connectivity index (χ3v) is 16.0. The van der Waals surface area contributed by atoms with Crippen LogP contribution in [-0.2, 0) is 0 Å². The normalized spacial score (nSPS) is 11.9. The Hall–Kier alpha value is 0. The second-order valence-corrected chi connectivity index (χ2v) is 19.0. The lowest BCUT2D eigenvalue weighted by Crippen LogP contribution is -2.07. The van der Waals surface area contributed by atoms with E-state index in [1.165, 1.54) is 173 Å². The fourth-order valence-corrected chi connectivity index (χ4v) is 13.5. The van der Waals surface area contributed by atoms with Gasteiger partial charge in [0.25, 0.3) is 0 Å². The molecule has 0 saturated carbocycles. The molecule has 0 nitrogen and oxygen atoms in total. The zero-order chi connectivity index (χ0) is 27.4. The van der Waals surface area contributed by atoms with Crippen LogP contribution in [0, 0.1) is 0 Å². The molecule has 1 aromatic carbocycles. The molecule has 0 aliphatic rings. The van der Waals surface area contributed by atoms with Crippen molar-refractivity contribution in [1.82, 2.24) is 0 Å². The summed E-state index contributed by atoms with van der Waals surface area (Å²) < 4.78 is 0. The summed E-state index contributed by atoms with van der Waals surface area (Å²) >= 11 is 2.37. The Morgan fingerprint density at radius 3 is 1.00 bits per heavy atom. The first-order chi connectivity index (χ1) is 18.8. The number of benzene rings is 1. The molecule has 0 N–H and O–H groups in total. The van der Waals surface area contributed by atoms with Gasteiger partial charge in [0.2, 0.25) is 0 Å². The highest BCUT2D eigenvalue weighted by atomic mass is 32.7. The van der Waals surface area contributed by atoms with Crippen LogP contribution >= 0.6 is 17.8 Å². The third-order valence-electron chi connectivity index (χ3n) is 8.30. The van der Waals surface area contributed by atoms with E-state index in [2.05, 4.69) is 62.5 Å². The molecule has 0 saturated heterocycles. The Labute approximate surface area is 245 Å². The number of unbranched alkanes of at least 4 members (excludes halogenated alkanes) is 21. The molecule has 0 radical (unpaired) electrons. The van der Waals surface area contributed by atoms with Crippen LogP contribution in [0.5, 0.6) is 0 Å². The van der Waals surface area contributed by atoms with Crippen LogP contribution < -0.4 is 0 Å². The van der Waals surface area contributed by atoms with Crippen molar-refractivity contribution in [2.75, 3.05) is 18.5 Å². The van der Waals surface area contributed by atoms with E-state index in [1.54, 1.807) is 4.90 Å². The number of hydrogen-bond acceptors (Lipinski definition) is 1. The predicted octanol–water partition coefficient (Wildman–Crippen LogP) is 14.1. The van der Waals surface area contributed by atoms with Gasteiger partial charge < -0.3 is 0 Å². The summed E-state index contributed by atoms with van der Waals surface area (Å²) in [6.07, 6.45) is 39.4. The summed E-state index contributed by atoms with van der Waals surface area (Å²) in [5, 5.41) is 0. The highest BCUT2D eigenvalue weighted by Gasteiger charge is 2.38. The molecule has 222 valence electrons. The van der Waals surface area contributed by atoms with Crippen LogP contribution in [0.25, 0.3) is 0 Å². The van der Waals surface area contributed by atoms with Gasteiger partial charge in [0.05, 0.1) is 36.3 Å². The molecule has 1 rings (SSSR count). The van der Waals surface area contributed by atoms with Crippen LogP contribution in [0.15, 0.2) is 35.2 Å². The van der Waals surface area contributed by atoms with Gasteiger partial charge >= 0.3 is 0 Å². The van der Waals surface area contributed by atoms with E-state index in [1.807, 2.05) is 0 Å². The van der Waals surface area contributed by atoms with E-state index in [0.29, 0.717) is 0 Å². The van der Waals surface area contributed by atoms with Crippen LogP contribution in [0.4, 0.5) is 0 Å². The Morgan fingerprint density at radius 2 is 0.684 bits per heavy atom. The molecule has 0 bridgehead atoms. The first-order valence-electron chi connectivity index (χ1n) is 17.4. The van der Waals surface area contributed by atoms with Crippen LogP contribution in [0.1, 0.15) is 175 Å². The molecule has 0 atom stereocenters. The second kappa shape index (κ2) is 27.2. The summed E-state index contributed by atoms with van der Waals surface area (Å²) in [4.78, 5) is 1.56. The standard InChI is InChI=1S/C36H68PS/c1-4-7-10-13-16-19-22-28-33-37(38-36-31-26-25-27-32-36,34-29-23-20-17-14-11-8-5-2)35-30-24-21-18-15-12-9-6-3/h25-27,31-32H,4-24,28-30,33-35H2,1-3H3/q+1. The molecule has 38 heavy (non-hydrogen) atoms. The Morgan fingerprint density at radius 1 is 0.395 bits per heavy atom. The first kappa shape index (κ1) is 36.0. The molecule has 0 unspecified atom stereocenters. The summed E-state index contributed by atoms with van der Waals surface area (Å²) in [5.74, 6) is 0. The zero-order valence-corrected chi connectivity index (χ0v) is 28.0. The van der Waals surface area contributed by atoms with Gasteiger partial charge in [-0.2, -0.15) is 0 Å². The lowest BCUT2D eigenvalue weighted by atomic mass is 10.1. The van der Waals surface area contributed by atoms with Gasteiger partial charge in [-0.3, -0.25) is 0 Å². The Kier molecular flexibility index (Phi) is 25.8. The van der Waals surface area contributed by atoms with Gasteiger partial charge in [-0.1, -0.05) is 155 Å². The van der Waals surface area contributed by atoms with E-state index < -0.39 is 6.46 Å². The van der Waals surface area contributed by atoms with Gasteiger partial charge in [-0.25, -0.2) is 0 Å². The monoisotopic (exact) mass is 563 g/mol. The van der Waals surface area contributed by atoms with E-state index >= 15 is 0 Å². The number of rotatable bonds is 29. The molecular formula is C36H68PS+. The maximum Gasteiger partial charge on any atom is 0.0793 e. The highest BCUT2D eigenvalue weighted by Crippen LogP contribution is 2.73. The van der Waals surface area contributed by atoms with Gasteiger partial charge in [-0.05, 0) is 50.7 Å². The molecule has 1 aromatic rings. The van der Waals surface area contributed by atoms with E-state index in [-0.39, 0.29) is 0 Å². The SMILES string of the molecule is CCCCCCCCCC[P+](CCCCCCCCCC)(CCCCCCCCCC)Sc1ccccc1. The molecule has 0 fully saturated rings. The average Bonchev–Trinajstić information content (AvgIpc) is 2.93. The van der Waals surface area contributed by atoms with E-state index in [4.69, 9.17) is 0 Å². The maximum atomic E-state index is 2.40. The van der Waals surface area contributed by atoms with Gasteiger partial charge in [-0.15, -0.1) is 0 Å². The van der Waals surface area contributed by atoms with Crippen LogP contribution in [0.3, 0.4) is 0 Å². The van der Waals surface area contributed by atoms with Crippen molar-refractivity contribution in [3.05, 3.63) is 30.3 Å².